The van der Waals surface area contributed by atoms with Crippen LogP contribution in [0.1, 0.15) is 19.4 Å². The fourth-order valence-electron chi connectivity index (χ4n) is 1.47. The number of hydrogen-bond acceptors (Lipinski definition) is 3. The Hall–Kier alpha value is -1.97. The Morgan fingerprint density at radius 1 is 1.19 bits per heavy atom. The van der Waals surface area contributed by atoms with Crippen LogP contribution >= 0.6 is 0 Å². The van der Waals surface area contributed by atoms with Gasteiger partial charge in [0.1, 0.15) is 0 Å². The largest absolute Gasteiger partial charge is 0.277 e. The molecule has 0 saturated carbocycles. The van der Waals surface area contributed by atoms with Crippen LogP contribution in [0.5, 0.6) is 0 Å². The smallest absolute Gasteiger partial charge is 0.264 e. The number of nitro groups is 1. The van der Waals surface area contributed by atoms with E-state index in [1.165, 1.54) is 6.07 Å². The first kappa shape index (κ1) is 12.1. The van der Waals surface area contributed by atoms with Crippen molar-refractivity contribution in [3.05, 3.63) is 46.3 Å². The van der Waals surface area contributed by atoms with Gasteiger partial charge in [-0.25, -0.2) is 0 Å². The van der Waals surface area contributed by atoms with E-state index in [9.17, 15) is 10.1 Å². The lowest BCUT2D eigenvalue weighted by molar-refractivity contribution is -0.383. The molecule has 0 saturated heterocycles. The third-order valence-electron chi connectivity index (χ3n) is 2.21. The van der Waals surface area contributed by atoms with E-state index in [2.05, 4.69) is 4.98 Å². The van der Waals surface area contributed by atoms with Gasteiger partial charge in [-0.05, 0) is 18.6 Å². The van der Waals surface area contributed by atoms with Crippen LogP contribution in [-0.4, -0.2) is 9.91 Å². The quantitative estimate of drug-likeness (QED) is 0.544. The van der Waals surface area contributed by atoms with E-state index in [1.807, 2.05) is 20.8 Å². The highest BCUT2D eigenvalue weighted by Gasteiger charge is 2.11. The fourth-order valence-corrected chi connectivity index (χ4v) is 1.47. The number of aryl methyl sites for hydroxylation is 1. The van der Waals surface area contributed by atoms with Crippen molar-refractivity contribution < 1.29 is 4.92 Å². The fraction of sp³-hybridized carbons (Fsp3) is 0.250. The molecule has 2 aromatic rings. The molecule has 0 amide bonds. The number of benzene rings is 1. The lowest BCUT2D eigenvalue weighted by Gasteiger charge is -2.01. The predicted octanol–water partition coefficient (Wildman–Crippen LogP) is 3.48. The van der Waals surface area contributed by atoms with E-state index >= 15 is 0 Å². The average molecular weight is 218 g/mol. The average Bonchev–Trinajstić information content (AvgIpc) is 2.32. The summed E-state index contributed by atoms with van der Waals surface area (Å²) in [5.74, 6) is 0. The minimum atomic E-state index is -0.373. The Labute approximate surface area is 94.1 Å². The van der Waals surface area contributed by atoms with Gasteiger partial charge in [-0.1, -0.05) is 19.9 Å². The van der Waals surface area contributed by atoms with E-state index in [-0.39, 0.29) is 10.6 Å². The molecule has 0 bridgehead atoms. The number of non-ortho nitro benzene ring substituents is 1. The van der Waals surface area contributed by atoms with E-state index in [0.717, 1.165) is 10.9 Å². The number of pyridine rings is 1. The standard InChI is InChI=1S/C10H8N2O2.C2H6/c1-7-2-3-10(12(13)14)8-4-5-11-6-9(7)8;1-2/h2-6H,1H3;1-2H3. The summed E-state index contributed by atoms with van der Waals surface area (Å²) in [7, 11) is 0. The predicted molar refractivity (Wildman–Crippen MR) is 64.5 cm³/mol. The third kappa shape index (κ3) is 2.16. The molecule has 1 heterocycles. The van der Waals surface area contributed by atoms with Gasteiger partial charge in [-0.15, -0.1) is 0 Å². The number of nitro benzene ring substituents is 1. The molecule has 2 rings (SSSR count). The molecule has 84 valence electrons. The maximum absolute atomic E-state index is 10.7. The van der Waals surface area contributed by atoms with Crippen molar-refractivity contribution in [2.45, 2.75) is 20.8 Å². The Kier molecular flexibility index (Phi) is 3.94. The van der Waals surface area contributed by atoms with Crippen molar-refractivity contribution in [2.24, 2.45) is 0 Å². The highest BCUT2D eigenvalue weighted by Crippen LogP contribution is 2.26. The van der Waals surface area contributed by atoms with Gasteiger partial charge in [0.25, 0.3) is 5.69 Å². The summed E-state index contributed by atoms with van der Waals surface area (Å²) < 4.78 is 0. The van der Waals surface area contributed by atoms with Gasteiger partial charge in [0.2, 0.25) is 0 Å². The topological polar surface area (TPSA) is 56.0 Å². The highest BCUT2D eigenvalue weighted by atomic mass is 16.6. The van der Waals surface area contributed by atoms with Crippen LogP contribution < -0.4 is 0 Å². The van der Waals surface area contributed by atoms with E-state index in [4.69, 9.17) is 0 Å². The lowest BCUT2D eigenvalue weighted by atomic mass is 10.1. The Morgan fingerprint density at radius 2 is 1.88 bits per heavy atom. The van der Waals surface area contributed by atoms with Crippen molar-refractivity contribution in [2.75, 3.05) is 0 Å². The molecule has 0 spiro atoms. The molecule has 4 nitrogen and oxygen atoms in total. The molecular weight excluding hydrogens is 204 g/mol. The molecule has 0 fully saturated rings. The first-order valence-corrected chi connectivity index (χ1v) is 5.18. The van der Waals surface area contributed by atoms with Crippen molar-refractivity contribution >= 4 is 16.5 Å². The number of aromatic nitrogens is 1. The van der Waals surface area contributed by atoms with E-state index in [1.54, 1.807) is 24.5 Å². The molecule has 0 aliphatic heterocycles. The number of rotatable bonds is 1. The van der Waals surface area contributed by atoms with Crippen LogP contribution in [0.25, 0.3) is 10.8 Å². The normalized spacial score (nSPS) is 9.44. The van der Waals surface area contributed by atoms with Crippen LogP contribution in [0.3, 0.4) is 0 Å². The highest BCUT2D eigenvalue weighted by molar-refractivity contribution is 5.92. The molecule has 1 aromatic carbocycles. The van der Waals surface area contributed by atoms with Crippen molar-refractivity contribution in [3.63, 3.8) is 0 Å². The van der Waals surface area contributed by atoms with Crippen molar-refractivity contribution in [1.82, 2.24) is 4.98 Å². The van der Waals surface area contributed by atoms with Gasteiger partial charge in [-0.2, -0.15) is 0 Å². The summed E-state index contributed by atoms with van der Waals surface area (Å²) in [5, 5.41) is 12.2. The van der Waals surface area contributed by atoms with Crippen molar-refractivity contribution in [1.29, 1.82) is 0 Å². The van der Waals surface area contributed by atoms with E-state index in [0.29, 0.717) is 5.39 Å². The number of fused-ring (bicyclic) bond motifs is 1. The molecule has 0 aliphatic carbocycles. The number of hydrogen-bond donors (Lipinski definition) is 0. The zero-order valence-corrected chi connectivity index (χ0v) is 9.60. The van der Waals surface area contributed by atoms with E-state index < -0.39 is 0 Å². The molecule has 0 unspecified atom stereocenters. The maximum atomic E-state index is 10.7. The van der Waals surface area contributed by atoms with Crippen LogP contribution in [0.2, 0.25) is 0 Å². The maximum Gasteiger partial charge on any atom is 0.277 e. The summed E-state index contributed by atoms with van der Waals surface area (Å²) in [6.45, 7) is 5.91. The van der Waals surface area contributed by atoms with Gasteiger partial charge in [0, 0.05) is 23.8 Å². The zero-order valence-electron chi connectivity index (χ0n) is 9.60. The SMILES string of the molecule is CC.Cc1ccc([N+](=O)[O-])c2ccncc12. The Morgan fingerprint density at radius 3 is 2.50 bits per heavy atom. The van der Waals surface area contributed by atoms with Gasteiger partial charge in [0.05, 0.1) is 10.3 Å². The summed E-state index contributed by atoms with van der Waals surface area (Å²) in [6, 6.07) is 4.93. The molecule has 0 atom stereocenters. The van der Waals surface area contributed by atoms with Gasteiger partial charge >= 0.3 is 0 Å². The van der Waals surface area contributed by atoms with Crippen LogP contribution in [0.4, 0.5) is 5.69 Å². The Bertz CT molecular complexity index is 509. The van der Waals surface area contributed by atoms with Crippen LogP contribution in [0, 0.1) is 17.0 Å². The van der Waals surface area contributed by atoms with Gasteiger partial charge in [-0.3, -0.25) is 15.1 Å². The van der Waals surface area contributed by atoms with Crippen LogP contribution in [0.15, 0.2) is 30.6 Å². The number of nitrogens with zero attached hydrogens (tertiary/aromatic N) is 2. The lowest BCUT2D eigenvalue weighted by Crippen LogP contribution is -1.91. The Balaban J connectivity index is 0.000000606. The second-order valence-corrected chi connectivity index (χ2v) is 3.08. The minimum absolute atomic E-state index is 0.132. The molecule has 0 radical (unpaired) electrons. The molecule has 0 N–H and O–H groups in total. The second kappa shape index (κ2) is 5.21. The molecule has 4 heteroatoms. The summed E-state index contributed by atoms with van der Waals surface area (Å²) in [6.07, 6.45) is 3.21. The molecule has 0 aliphatic rings. The summed E-state index contributed by atoms with van der Waals surface area (Å²) in [5.41, 5.74) is 1.13. The summed E-state index contributed by atoms with van der Waals surface area (Å²) >= 11 is 0. The van der Waals surface area contributed by atoms with Crippen molar-refractivity contribution in [3.8, 4) is 0 Å². The molecular formula is C12H14N2O2. The molecule has 1 aromatic heterocycles. The minimum Gasteiger partial charge on any atom is -0.264 e. The second-order valence-electron chi connectivity index (χ2n) is 3.08. The molecule has 16 heavy (non-hydrogen) atoms. The first-order valence-electron chi connectivity index (χ1n) is 5.18. The monoisotopic (exact) mass is 218 g/mol. The third-order valence-corrected chi connectivity index (χ3v) is 2.21. The zero-order chi connectivity index (χ0) is 12.1. The summed E-state index contributed by atoms with van der Waals surface area (Å²) in [4.78, 5) is 14.3. The van der Waals surface area contributed by atoms with Crippen LogP contribution in [-0.2, 0) is 0 Å². The van der Waals surface area contributed by atoms with Gasteiger partial charge < -0.3 is 0 Å². The first-order chi connectivity index (χ1) is 7.70. The van der Waals surface area contributed by atoms with Gasteiger partial charge in [0.15, 0.2) is 0 Å².